The van der Waals surface area contributed by atoms with Crippen LogP contribution in [0.5, 0.6) is 0 Å². The first-order valence-corrected chi connectivity index (χ1v) is 2.82. The van der Waals surface area contributed by atoms with E-state index in [-0.39, 0.29) is 0 Å². The van der Waals surface area contributed by atoms with Crippen LogP contribution in [0.1, 0.15) is 20.8 Å². The molecule has 0 radical (unpaired) electrons. The molecule has 0 aliphatic rings. The van der Waals surface area contributed by atoms with Gasteiger partial charge in [-0.2, -0.15) is 0 Å². The van der Waals surface area contributed by atoms with Crippen LogP contribution in [-0.2, 0) is 0 Å². The van der Waals surface area contributed by atoms with Crippen molar-refractivity contribution in [1.82, 2.24) is 0 Å². The summed E-state index contributed by atoms with van der Waals surface area (Å²) < 4.78 is 25.1. The predicted octanol–water partition coefficient (Wildman–Crippen LogP) is 2.85. The highest BCUT2D eigenvalue weighted by atomic mass is 19.3. The van der Waals surface area contributed by atoms with Gasteiger partial charge in [-0.15, -0.1) is 0 Å². The minimum atomic E-state index is -2.76. The van der Waals surface area contributed by atoms with E-state index in [0.717, 1.165) is 0 Å². The molecule has 0 aromatic heterocycles. The van der Waals surface area contributed by atoms with Crippen molar-refractivity contribution in [2.24, 2.45) is 5.41 Å². The number of halogens is 2. The maximum absolute atomic E-state index is 12.5. The Labute approximate surface area is 54.6 Å². The van der Waals surface area contributed by atoms with Crippen LogP contribution in [0.2, 0.25) is 0 Å². The summed E-state index contributed by atoms with van der Waals surface area (Å²) in [7, 11) is 0. The summed E-state index contributed by atoms with van der Waals surface area (Å²) in [6.07, 6.45) is 0.688. The second-order valence-electron chi connectivity index (χ2n) is 3.08. The Morgan fingerprint density at radius 2 is 1.56 bits per heavy atom. The maximum atomic E-state index is 12.5. The molecule has 0 nitrogen and oxygen atoms in total. The highest BCUT2D eigenvalue weighted by Gasteiger charge is 2.39. The Hall–Kier alpha value is -0.400. The third-order valence-corrected chi connectivity index (χ3v) is 1.26. The first kappa shape index (κ1) is 8.60. The van der Waals surface area contributed by atoms with Crippen LogP contribution in [0.4, 0.5) is 8.78 Å². The highest BCUT2D eigenvalue weighted by molar-refractivity contribution is 4.95. The van der Waals surface area contributed by atoms with Crippen LogP contribution >= 0.6 is 0 Å². The number of allylic oxidation sites excluding steroid dienone is 1. The van der Waals surface area contributed by atoms with Crippen LogP contribution in [0.15, 0.2) is 12.7 Å². The average molecular weight is 134 g/mol. The molecule has 0 amide bonds. The lowest BCUT2D eigenvalue weighted by atomic mass is 9.88. The monoisotopic (exact) mass is 134 g/mol. The van der Waals surface area contributed by atoms with Crippen LogP contribution in [0, 0.1) is 5.41 Å². The number of rotatable bonds is 1. The number of hydrogen-bond acceptors (Lipinski definition) is 0. The third-order valence-electron chi connectivity index (χ3n) is 1.26. The molecule has 0 aliphatic carbocycles. The summed E-state index contributed by atoms with van der Waals surface area (Å²) in [6.45, 7) is 7.49. The van der Waals surface area contributed by atoms with E-state index in [0.29, 0.717) is 6.08 Å². The molecule has 0 bridgehead atoms. The van der Waals surface area contributed by atoms with E-state index in [1.165, 1.54) is 20.8 Å². The third kappa shape index (κ3) is 1.77. The average Bonchev–Trinajstić information content (AvgIpc) is 1.64. The number of hydrogen-bond donors (Lipinski definition) is 0. The fraction of sp³-hybridized carbons (Fsp3) is 0.714. The topological polar surface area (TPSA) is 0 Å². The molecule has 0 saturated carbocycles. The van der Waals surface area contributed by atoms with Crippen molar-refractivity contribution < 1.29 is 8.78 Å². The van der Waals surface area contributed by atoms with Gasteiger partial charge in [0.25, 0.3) is 5.92 Å². The van der Waals surface area contributed by atoms with Crippen molar-refractivity contribution in [3.8, 4) is 0 Å². The Bertz CT molecular complexity index is 109. The second kappa shape index (κ2) is 2.09. The summed E-state index contributed by atoms with van der Waals surface area (Å²) >= 11 is 0. The molecule has 9 heavy (non-hydrogen) atoms. The van der Waals surface area contributed by atoms with E-state index in [9.17, 15) is 8.78 Å². The summed E-state index contributed by atoms with van der Waals surface area (Å²) in [5.41, 5.74) is -1.01. The van der Waals surface area contributed by atoms with Crippen molar-refractivity contribution in [1.29, 1.82) is 0 Å². The van der Waals surface area contributed by atoms with Crippen LogP contribution in [0.25, 0.3) is 0 Å². The van der Waals surface area contributed by atoms with E-state index in [1.807, 2.05) is 0 Å². The SMILES string of the molecule is C=CC(F)(F)C(C)(C)C. The smallest absolute Gasteiger partial charge is 0.201 e. The molecule has 0 aliphatic heterocycles. The standard InChI is InChI=1S/C7H12F2/c1-5-7(8,9)6(2,3)4/h5H,1H2,2-4H3. The normalized spacial score (nSPS) is 13.4. The quantitative estimate of drug-likeness (QED) is 0.484. The first-order chi connectivity index (χ1) is 3.81. The lowest BCUT2D eigenvalue weighted by molar-refractivity contribution is -0.0496. The summed E-state index contributed by atoms with van der Waals surface area (Å²) in [5.74, 6) is -2.76. The van der Waals surface area contributed by atoms with Gasteiger partial charge in [0.2, 0.25) is 0 Å². The summed E-state index contributed by atoms with van der Waals surface area (Å²) in [5, 5.41) is 0. The van der Waals surface area contributed by atoms with Crippen LogP contribution in [-0.4, -0.2) is 5.92 Å². The van der Waals surface area contributed by atoms with Gasteiger partial charge in [0, 0.05) is 5.41 Å². The van der Waals surface area contributed by atoms with Gasteiger partial charge in [0.1, 0.15) is 0 Å². The van der Waals surface area contributed by atoms with Crippen molar-refractivity contribution in [3.63, 3.8) is 0 Å². The zero-order valence-electron chi connectivity index (χ0n) is 6.04. The fourth-order valence-electron chi connectivity index (χ4n) is 0.306. The van der Waals surface area contributed by atoms with E-state index in [1.54, 1.807) is 0 Å². The molecule has 2 heteroatoms. The molecule has 0 saturated heterocycles. The summed E-state index contributed by atoms with van der Waals surface area (Å²) in [4.78, 5) is 0. The minimum Gasteiger partial charge on any atom is -0.201 e. The Balaban J connectivity index is 4.32. The fourth-order valence-corrected chi connectivity index (χ4v) is 0.306. The van der Waals surface area contributed by atoms with E-state index >= 15 is 0 Å². The maximum Gasteiger partial charge on any atom is 0.270 e. The van der Waals surface area contributed by atoms with E-state index < -0.39 is 11.3 Å². The molecule has 0 spiro atoms. The Kier molecular flexibility index (Phi) is 1.99. The summed E-state index contributed by atoms with van der Waals surface area (Å²) in [6, 6.07) is 0. The highest BCUT2D eigenvalue weighted by Crippen LogP contribution is 2.35. The Morgan fingerprint density at radius 1 is 1.22 bits per heavy atom. The van der Waals surface area contributed by atoms with Crippen molar-refractivity contribution in [2.45, 2.75) is 26.7 Å². The molecule has 0 aromatic carbocycles. The van der Waals surface area contributed by atoms with Crippen LogP contribution in [0.3, 0.4) is 0 Å². The molecule has 0 aromatic rings. The zero-order chi connectivity index (χ0) is 7.71. The van der Waals surface area contributed by atoms with Gasteiger partial charge < -0.3 is 0 Å². The molecular formula is C7H12F2. The second-order valence-corrected chi connectivity index (χ2v) is 3.08. The molecule has 54 valence electrons. The molecule has 0 rings (SSSR count). The van der Waals surface area contributed by atoms with Crippen molar-refractivity contribution >= 4 is 0 Å². The van der Waals surface area contributed by atoms with E-state index in [2.05, 4.69) is 6.58 Å². The largest absolute Gasteiger partial charge is 0.270 e. The molecule has 0 heterocycles. The van der Waals surface area contributed by atoms with Gasteiger partial charge in [-0.1, -0.05) is 27.4 Å². The van der Waals surface area contributed by atoms with Gasteiger partial charge in [-0.25, -0.2) is 8.78 Å². The molecule has 0 N–H and O–H groups in total. The van der Waals surface area contributed by atoms with Gasteiger partial charge in [-0.3, -0.25) is 0 Å². The van der Waals surface area contributed by atoms with E-state index in [4.69, 9.17) is 0 Å². The lowest BCUT2D eigenvalue weighted by Crippen LogP contribution is -2.30. The molecule has 0 unspecified atom stereocenters. The molecule has 0 fully saturated rings. The Morgan fingerprint density at radius 3 is 1.56 bits per heavy atom. The van der Waals surface area contributed by atoms with Crippen molar-refractivity contribution in [3.05, 3.63) is 12.7 Å². The van der Waals surface area contributed by atoms with Crippen LogP contribution < -0.4 is 0 Å². The predicted molar refractivity (Wildman–Crippen MR) is 34.6 cm³/mol. The van der Waals surface area contributed by atoms with Gasteiger partial charge >= 0.3 is 0 Å². The van der Waals surface area contributed by atoms with Gasteiger partial charge in [-0.05, 0) is 6.08 Å². The molecule has 0 atom stereocenters. The van der Waals surface area contributed by atoms with Gasteiger partial charge in [0.05, 0.1) is 0 Å². The lowest BCUT2D eigenvalue weighted by Gasteiger charge is -2.26. The van der Waals surface area contributed by atoms with Crippen molar-refractivity contribution in [2.75, 3.05) is 0 Å². The first-order valence-electron chi connectivity index (χ1n) is 2.82. The van der Waals surface area contributed by atoms with Gasteiger partial charge in [0.15, 0.2) is 0 Å². The number of alkyl halides is 2. The minimum absolute atomic E-state index is 0.688. The molecular weight excluding hydrogens is 122 g/mol. The zero-order valence-corrected chi connectivity index (χ0v) is 6.04.